The molecule has 2 aromatic rings. The topological polar surface area (TPSA) is 67.9 Å². The van der Waals surface area contributed by atoms with Crippen LogP contribution in [0.2, 0.25) is 0 Å². The van der Waals surface area contributed by atoms with Gasteiger partial charge in [-0.1, -0.05) is 49.4 Å². The molecule has 6 nitrogen and oxygen atoms in total. The van der Waals surface area contributed by atoms with Crippen LogP contribution in [0.25, 0.3) is 0 Å². The Bertz CT molecular complexity index is 806. The number of ether oxygens (including phenoxy) is 2. The molecule has 1 unspecified atom stereocenters. The van der Waals surface area contributed by atoms with Crippen molar-refractivity contribution in [2.75, 3.05) is 20.3 Å². The summed E-state index contributed by atoms with van der Waals surface area (Å²) in [6.07, 6.45) is 1.19. The number of carbonyl (C=O) groups excluding carboxylic acids is 2. The third kappa shape index (κ3) is 7.72. The van der Waals surface area contributed by atoms with Crippen molar-refractivity contribution < 1.29 is 19.1 Å². The van der Waals surface area contributed by atoms with E-state index in [1.807, 2.05) is 75.4 Å². The predicted octanol–water partition coefficient (Wildman–Crippen LogP) is 4.11. The Kier molecular flexibility index (Phi) is 10.0. The van der Waals surface area contributed by atoms with E-state index in [-0.39, 0.29) is 17.9 Å². The van der Waals surface area contributed by atoms with Gasteiger partial charge in [-0.3, -0.25) is 9.59 Å². The zero-order valence-corrected chi connectivity index (χ0v) is 19.0. The molecule has 0 saturated heterocycles. The van der Waals surface area contributed by atoms with Gasteiger partial charge in [-0.2, -0.15) is 0 Å². The molecular weight excluding hydrogens is 392 g/mol. The molecule has 0 aliphatic heterocycles. The molecule has 0 radical (unpaired) electrons. The number of nitrogens with one attached hydrogen (secondary N) is 1. The molecule has 0 saturated carbocycles. The normalized spacial score (nSPS) is 11.8. The second-order valence-electron chi connectivity index (χ2n) is 7.60. The molecule has 2 amide bonds. The van der Waals surface area contributed by atoms with E-state index in [4.69, 9.17) is 9.47 Å². The average molecular weight is 427 g/mol. The summed E-state index contributed by atoms with van der Waals surface area (Å²) in [5.41, 5.74) is 1.72. The van der Waals surface area contributed by atoms with Crippen molar-refractivity contribution in [1.82, 2.24) is 10.2 Å². The van der Waals surface area contributed by atoms with Gasteiger partial charge in [0.1, 0.15) is 11.8 Å². The van der Waals surface area contributed by atoms with Crippen LogP contribution in [0.5, 0.6) is 5.75 Å². The van der Waals surface area contributed by atoms with Crippen LogP contribution < -0.4 is 10.1 Å². The van der Waals surface area contributed by atoms with Crippen molar-refractivity contribution in [3.05, 3.63) is 65.7 Å². The molecule has 2 rings (SSSR count). The van der Waals surface area contributed by atoms with E-state index in [1.165, 1.54) is 0 Å². The molecule has 1 atom stereocenters. The first kappa shape index (κ1) is 24.4. The highest BCUT2D eigenvalue weighted by atomic mass is 16.5. The van der Waals surface area contributed by atoms with Gasteiger partial charge in [-0.15, -0.1) is 0 Å². The van der Waals surface area contributed by atoms with Gasteiger partial charge in [0.2, 0.25) is 11.8 Å². The Labute approximate surface area is 185 Å². The van der Waals surface area contributed by atoms with Crippen LogP contribution in [0.4, 0.5) is 0 Å². The lowest BCUT2D eigenvalue weighted by atomic mass is 10.0. The summed E-state index contributed by atoms with van der Waals surface area (Å²) < 4.78 is 10.8. The lowest BCUT2D eigenvalue weighted by Crippen LogP contribution is -2.43. The molecule has 6 heteroatoms. The van der Waals surface area contributed by atoms with Crippen LogP contribution in [0.15, 0.2) is 54.6 Å². The minimum atomic E-state index is -0.707. The third-order valence-corrected chi connectivity index (χ3v) is 4.88. The SMILES string of the molecule is CCC(=O)N(Cc1ccc(OC)cc1)C(C(=O)NCCCOC(C)C)c1ccccc1. The second kappa shape index (κ2) is 12.7. The highest BCUT2D eigenvalue weighted by Gasteiger charge is 2.30. The minimum Gasteiger partial charge on any atom is -0.497 e. The summed E-state index contributed by atoms with van der Waals surface area (Å²) in [6.45, 7) is 7.19. The van der Waals surface area contributed by atoms with Crippen LogP contribution in [0, 0.1) is 0 Å². The molecule has 0 bridgehead atoms. The Balaban J connectivity index is 2.22. The molecule has 0 aliphatic rings. The maximum Gasteiger partial charge on any atom is 0.247 e. The van der Waals surface area contributed by atoms with Crippen molar-refractivity contribution in [3.63, 3.8) is 0 Å². The molecule has 31 heavy (non-hydrogen) atoms. The van der Waals surface area contributed by atoms with Crippen molar-refractivity contribution in [2.45, 2.75) is 52.3 Å². The van der Waals surface area contributed by atoms with E-state index in [0.29, 0.717) is 32.5 Å². The smallest absolute Gasteiger partial charge is 0.247 e. The fourth-order valence-corrected chi connectivity index (χ4v) is 3.26. The van der Waals surface area contributed by atoms with Crippen LogP contribution in [0.3, 0.4) is 0 Å². The number of nitrogens with zero attached hydrogens (tertiary/aromatic N) is 1. The molecule has 1 N–H and O–H groups in total. The zero-order valence-electron chi connectivity index (χ0n) is 19.0. The van der Waals surface area contributed by atoms with Crippen LogP contribution >= 0.6 is 0 Å². The van der Waals surface area contributed by atoms with Crippen molar-refractivity contribution in [3.8, 4) is 5.75 Å². The first-order valence-corrected chi connectivity index (χ1v) is 10.8. The van der Waals surface area contributed by atoms with E-state index in [2.05, 4.69) is 5.32 Å². The lowest BCUT2D eigenvalue weighted by molar-refractivity contribution is -0.141. The van der Waals surface area contributed by atoms with Crippen molar-refractivity contribution >= 4 is 11.8 Å². The fourth-order valence-electron chi connectivity index (χ4n) is 3.26. The maximum absolute atomic E-state index is 13.2. The van der Waals surface area contributed by atoms with E-state index in [9.17, 15) is 9.59 Å². The Morgan fingerprint density at radius 3 is 2.29 bits per heavy atom. The van der Waals surface area contributed by atoms with E-state index < -0.39 is 6.04 Å². The molecule has 0 aromatic heterocycles. The fraction of sp³-hybridized carbons (Fsp3) is 0.440. The highest BCUT2D eigenvalue weighted by molar-refractivity contribution is 5.88. The van der Waals surface area contributed by atoms with Crippen molar-refractivity contribution in [1.29, 1.82) is 0 Å². The standard InChI is InChI=1S/C25H34N2O4/c1-5-23(28)27(18-20-12-14-22(30-4)15-13-20)24(21-10-7-6-8-11-21)25(29)26-16-9-17-31-19(2)3/h6-8,10-15,19,24H,5,9,16-18H2,1-4H3,(H,26,29). The first-order valence-electron chi connectivity index (χ1n) is 10.8. The molecule has 0 spiro atoms. The largest absolute Gasteiger partial charge is 0.497 e. The molecule has 0 fully saturated rings. The van der Waals surface area contributed by atoms with Crippen LogP contribution in [-0.4, -0.2) is 43.1 Å². The van der Waals surface area contributed by atoms with E-state index >= 15 is 0 Å². The molecular formula is C25H34N2O4. The van der Waals surface area contributed by atoms with Crippen LogP contribution in [-0.2, 0) is 20.9 Å². The average Bonchev–Trinajstić information content (AvgIpc) is 2.78. The van der Waals surface area contributed by atoms with Gasteiger partial charge >= 0.3 is 0 Å². The monoisotopic (exact) mass is 426 g/mol. The third-order valence-electron chi connectivity index (χ3n) is 4.88. The number of carbonyl (C=O) groups is 2. The Morgan fingerprint density at radius 2 is 1.71 bits per heavy atom. The second-order valence-corrected chi connectivity index (χ2v) is 7.60. The number of amides is 2. The summed E-state index contributed by atoms with van der Waals surface area (Å²) in [5, 5.41) is 2.99. The predicted molar refractivity (Wildman–Crippen MR) is 122 cm³/mol. The number of benzene rings is 2. The summed E-state index contributed by atoms with van der Waals surface area (Å²) in [6, 6.07) is 16.3. The molecule has 0 heterocycles. The number of hydrogen-bond acceptors (Lipinski definition) is 4. The number of hydrogen-bond donors (Lipinski definition) is 1. The van der Waals surface area contributed by atoms with E-state index in [0.717, 1.165) is 16.9 Å². The zero-order chi connectivity index (χ0) is 22.6. The van der Waals surface area contributed by atoms with Gasteiger partial charge in [-0.25, -0.2) is 0 Å². The Morgan fingerprint density at radius 1 is 1.03 bits per heavy atom. The minimum absolute atomic E-state index is 0.0806. The number of methoxy groups -OCH3 is 1. The van der Waals surface area contributed by atoms with E-state index in [1.54, 1.807) is 12.0 Å². The summed E-state index contributed by atoms with van der Waals surface area (Å²) in [5.74, 6) is 0.479. The molecule has 2 aromatic carbocycles. The quantitative estimate of drug-likeness (QED) is 0.519. The van der Waals surface area contributed by atoms with Gasteiger partial charge < -0.3 is 19.7 Å². The molecule has 0 aliphatic carbocycles. The maximum atomic E-state index is 13.2. The van der Waals surface area contributed by atoms with Gasteiger partial charge in [0.05, 0.1) is 13.2 Å². The van der Waals surface area contributed by atoms with Crippen LogP contribution in [0.1, 0.15) is 50.8 Å². The Hall–Kier alpha value is -2.86. The summed E-state index contributed by atoms with van der Waals surface area (Å²) >= 11 is 0. The van der Waals surface area contributed by atoms with Gasteiger partial charge in [0, 0.05) is 26.1 Å². The van der Waals surface area contributed by atoms with Gasteiger partial charge in [0.15, 0.2) is 0 Å². The van der Waals surface area contributed by atoms with Gasteiger partial charge in [-0.05, 0) is 43.5 Å². The number of rotatable bonds is 12. The molecule has 168 valence electrons. The lowest BCUT2D eigenvalue weighted by Gasteiger charge is -2.31. The summed E-state index contributed by atoms with van der Waals surface area (Å²) in [4.78, 5) is 27.8. The first-order chi connectivity index (χ1) is 15.0. The highest BCUT2D eigenvalue weighted by Crippen LogP contribution is 2.25. The van der Waals surface area contributed by atoms with Crippen molar-refractivity contribution in [2.24, 2.45) is 0 Å². The van der Waals surface area contributed by atoms with Gasteiger partial charge in [0.25, 0.3) is 0 Å². The summed E-state index contributed by atoms with van der Waals surface area (Å²) in [7, 11) is 1.61.